The fourth-order valence-electron chi connectivity index (χ4n) is 11.5. The number of primary amides is 1. The summed E-state index contributed by atoms with van der Waals surface area (Å²) in [5.74, 6) is 1.29. The number of alkyl halides is 2. The zero-order valence-corrected chi connectivity index (χ0v) is 47.0. The zero-order valence-electron chi connectivity index (χ0n) is 45.3. The third-order valence-corrected chi connectivity index (χ3v) is 18.0. The van der Waals surface area contributed by atoms with E-state index in [9.17, 15) is 66.3 Å². The van der Waals surface area contributed by atoms with Gasteiger partial charge in [0.05, 0.1) is 16.6 Å². The molecule has 0 radical (unpaired) electrons. The molecule has 1 unspecified atom stereocenters. The van der Waals surface area contributed by atoms with Gasteiger partial charge >= 0.3 is 13.3 Å². The Balaban J connectivity index is 0.795. The van der Waals surface area contributed by atoms with E-state index >= 15 is 0 Å². The molecule has 7 amide bonds. The summed E-state index contributed by atoms with van der Waals surface area (Å²) in [4.78, 5) is 142. The van der Waals surface area contributed by atoms with Crippen molar-refractivity contribution in [1.82, 2.24) is 20.9 Å². The molecule has 1 fully saturated rings. The molecule has 4 aliphatic rings. The van der Waals surface area contributed by atoms with Gasteiger partial charge in [-0.25, -0.2) is 0 Å². The van der Waals surface area contributed by atoms with Gasteiger partial charge in [-0.2, -0.15) is 8.78 Å². The number of ketones is 2. The van der Waals surface area contributed by atoms with E-state index in [1.54, 1.807) is 24.3 Å². The number of rotatable bonds is 24. The van der Waals surface area contributed by atoms with Crippen LogP contribution in [0.3, 0.4) is 0 Å². The Morgan fingerprint density at radius 3 is 2.33 bits per heavy atom. The summed E-state index contributed by atoms with van der Waals surface area (Å²) in [7, 11) is -5.86. The van der Waals surface area contributed by atoms with Gasteiger partial charge < -0.3 is 31.1 Å². The maximum atomic E-state index is 14.6. The molecule has 1 aromatic heterocycles. The number of carbonyl (C=O) groups is 9. The normalized spacial score (nSPS) is 18.3. The Bertz CT molecular complexity index is 3520. The third kappa shape index (κ3) is 13.7. The van der Waals surface area contributed by atoms with Crippen molar-refractivity contribution in [3.8, 4) is 11.8 Å². The molecule has 18 nitrogen and oxygen atoms in total. The molecule has 5 atom stereocenters. The maximum absolute atomic E-state index is 14.6. The minimum absolute atomic E-state index is 0.0346. The average Bonchev–Trinajstić information content (AvgIpc) is 4.27. The number of Topliss-reactive ketones (excluding diaryl/α,β-unsaturated/α-hetero) is 2. The first kappa shape index (κ1) is 59.8. The second-order valence-corrected chi connectivity index (χ2v) is 24.3. The number of nitrogens with one attached hydrogen (secondary N) is 3. The highest BCUT2D eigenvalue weighted by molar-refractivity contribution is 7.52. The van der Waals surface area contributed by atoms with Crippen LogP contribution < -0.4 is 26.6 Å². The van der Waals surface area contributed by atoms with Crippen molar-refractivity contribution < 1.29 is 66.3 Å². The molecule has 0 saturated carbocycles. The Labute approximate surface area is 481 Å². The Morgan fingerprint density at radius 1 is 0.843 bits per heavy atom. The van der Waals surface area contributed by atoms with Crippen molar-refractivity contribution in [3.63, 3.8) is 0 Å². The monoisotopic (exact) mass is 1170 g/mol. The number of nitrogens with two attached hydrogens (primary N) is 1. The molecule has 1 saturated heterocycles. The van der Waals surface area contributed by atoms with Crippen LogP contribution in [-0.4, -0.2) is 91.8 Å². The van der Waals surface area contributed by atoms with E-state index in [-0.39, 0.29) is 92.2 Å². The molecule has 4 aliphatic heterocycles. The van der Waals surface area contributed by atoms with Gasteiger partial charge in [-0.15, -0.1) is 11.3 Å². The number of hydrogen-bond donors (Lipinski definition) is 6. The van der Waals surface area contributed by atoms with Crippen LogP contribution in [0, 0.1) is 17.8 Å². The number of amides is 7. The van der Waals surface area contributed by atoms with E-state index < -0.39 is 84.2 Å². The van der Waals surface area contributed by atoms with Crippen LogP contribution in [0.15, 0.2) is 91.0 Å². The molecule has 434 valence electrons. The molecule has 0 bridgehead atoms. The predicted molar refractivity (Wildman–Crippen MR) is 304 cm³/mol. The number of piperidine rings is 1. The van der Waals surface area contributed by atoms with Gasteiger partial charge in [0.1, 0.15) is 23.9 Å². The summed E-state index contributed by atoms with van der Waals surface area (Å²) in [5, 5.41) is 8.01. The van der Waals surface area contributed by atoms with Crippen LogP contribution in [0.2, 0.25) is 0 Å². The lowest BCUT2D eigenvalue weighted by atomic mass is 9.86. The first-order valence-corrected chi connectivity index (χ1v) is 30.3. The molecular formula is C61H63F2N6O12PS. The van der Waals surface area contributed by atoms with E-state index in [1.807, 2.05) is 42.5 Å². The van der Waals surface area contributed by atoms with E-state index in [2.05, 4.69) is 27.8 Å². The standard InChI is InChI=1S/C61H63F2N6O12PS/c62-61(63,82(79,80)81)42-23-27-51-41(31-42)34-52(83-51)58(76)66-46-24-22-38-18-12-19-39-32-48(69(55(38)39)60(46)78)57(75)65-45(25-28-53(64)72)50(71)33-40(30-36-14-8-7-9-15-36)49(70)21-11-6-4-2-1-3-5-10-16-37-17-13-20-43-44(37)35-68(59(43)77)47-26-29-54(73)67-56(47)74/h7-9,12-15,17-20,23,27,31,34,40,45-48H,1-6,11,21-22,24-26,28-30,32-33,35H2,(H2,64,72)(H,65,75)(H,66,76)(H,67,73,74)(H2,79,80,81)/t40-,45+,46+,47?,48+/m1/s1. The molecule has 4 aromatic carbocycles. The van der Waals surface area contributed by atoms with Crippen molar-refractivity contribution in [2.45, 2.75) is 146 Å². The number of aryl methyl sites for hydroxylation is 1. The van der Waals surface area contributed by atoms with E-state index in [0.717, 1.165) is 77.8 Å². The van der Waals surface area contributed by atoms with Crippen LogP contribution in [0.5, 0.6) is 0 Å². The van der Waals surface area contributed by atoms with Crippen molar-refractivity contribution in [3.05, 3.63) is 135 Å². The molecule has 5 heterocycles. The number of benzene rings is 4. The Morgan fingerprint density at radius 2 is 1.58 bits per heavy atom. The molecule has 0 aliphatic carbocycles. The average molecular weight is 1170 g/mol. The van der Waals surface area contributed by atoms with Gasteiger partial charge in [0.2, 0.25) is 29.5 Å². The summed E-state index contributed by atoms with van der Waals surface area (Å²) < 4.78 is 41.1. The highest BCUT2D eigenvalue weighted by atomic mass is 32.1. The number of halogens is 2. The fourth-order valence-corrected chi connectivity index (χ4v) is 12.9. The third-order valence-electron chi connectivity index (χ3n) is 15.9. The largest absolute Gasteiger partial charge is 0.399 e. The quantitative estimate of drug-likeness (QED) is 0.0155. The number of anilines is 1. The second-order valence-electron chi connectivity index (χ2n) is 21.6. The highest BCUT2D eigenvalue weighted by Gasteiger charge is 2.51. The van der Waals surface area contributed by atoms with E-state index in [0.29, 0.717) is 40.8 Å². The molecule has 9 rings (SSSR count). The van der Waals surface area contributed by atoms with Gasteiger partial charge in [-0.3, -0.25) is 57.9 Å². The second kappa shape index (κ2) is 25.8. The lowest BCUT2D eigenvalue weighted by Crippen LogP contribution is -2.56. The number of unbranched alkanes of at least 4 members (excludes halogenated alkanes) is 6. The molecule has 22 heteroatoms. The van der Waals surface area contributed by atoms with Gasteiger partial charge in [0.15, 0.2) is 5.78 Å². The van der Waals surface area contributed by atoms with Crippen molar-refractivity contribution in [2.24, 2.45) is 11.7 Å². The molecule has 7 N–H and O–H groups in total. The van der Waals surface area contributed by atoms with Gasteiger partial charge in [-0.05, 0) is 103 Å². The van der Waals surface area contributed by atoms with Crippen LogP contribution in [-0.2, 0) is 69.6 Å². The summed E-state index contributed by atoms with van der Waals surface area (Å²) in [5.41, 5.74) is 4.94. The molecular weight excluding hydrogens is 1110 g/mol. The van der Waals surface area contributed by atoms with Crippen molar-refractivity contribution in [2.75, 3.05) is 4.90 Å². The predicted octanol–water partition coefficient (Wildman–Crippen LogP) is 7.20. The maximum Gasteiger partial charge on any atom is 0.399 e. The van der Waals surface area contributed by atoms with Crippen LogP contribution >= 0.6 is 18.9 Å². The topological polar surface area (TPSA) is 280 Å². The minimum atomic E-state index is -5.86. The number of fused-ring (bicyclic) bond motifs is 2. The highest BCUT2D eigenvalue weighted by Crippen LogP contribution is 2.59. The lowest BCUT2D eigenvalue weighted by molar-refractivity contribution is -0.137. The number of hydrogen-bond acceptors (Lipinski definition) is 11. The minimum Gasteiger partial charge on any atom is -0.370 e. The van der Waals surface area contributed by atoms with Gasteiger partial charge in [0, 0.05) is 72.4 Å². The van der Waals surface area contributed by atoms with Crippen molar-refractivity contribution in [1.29, 1.82) is 0 Å². The molecule has 0 spiro atoms. The fraction of sp³-hybridized carbons (Fsp3) is 0.393. The smallest absolute Gasteiger partial charge is 0.370 e. The zero-order chi connectivity index (χ0) is 59.2. The van der Waals surface area contributed by atoms with Gasteiger partial charge in [-0.1, -0.05) is 98.2 Å². The Kier molecular flexibility index (Phi) is 18.6. The summed E-state index contributed by atoms with van der Waals surface area (Å²) in [6.07, 6.45) is 6.34. The lowest BCUT2D eigenvalue weighted by Gasteiger charge is -2.29. The number of nitrogens with zero attached hydrogens (tertiary/aromatic N) is 2. The number of thiophene rings is 1. The van der Waals surface area contributed by atoms with Crippen molar-refractivity contribution >= 4 is 87.6 Å². The van der Waals surface area contributed by atoms with Crippen LogP contribution in [0.4, 0.5) is 14.5 Å². The molecule has 83 heavy (non-hydrogen) atoms. The molecule has 5 aromatic rings. The number of para-hydroxylation sites is 1. The summed E-state index contributed by atoms with van der Waals surface area (Å²) >= 11 is 0.925. The van der Waals surface area contributed by atoms with E-state index in [4.69, 9.17) is 5.73 Å². The van der Waals surface area contributed by atoms with E-state index in [1.165, 1.54) is 21.9 Å². The Hall–Kier alpha value is -7.76. The first-order chi connectivity index (χ1) is 39.7. The number of carbonyl (C=O) groups excluding carboxylic acids is 9. The van der Waals surface area contributed by atoms with Crippen LogP contribution in [0.25, 0.3) is 10.1 Å². The SMILES string of the molecule is NC(=O)CC[C@H](NC(=O)[C@@H]1Cc2cccc3c2N1C(=O)[C@@H](NC(=O)c1cc2cc(C(F)(F)P(=O)(O)O)ccc2s1)CC3)C(=O)C[C@@H](Cc1ccccc1)C(=O)CCCCCCCCC#Cc1cccc2c1CN(C1CCC(=O)NC1=O)C2=O. The summed E-state index contributed by atoms with van der Waals surface area (Å²) in [6.45, 7) is 0.248. The number of imide groups is 1. The van der Waals surface area contributed by atoms with Crippen LogP contribution in [0.1, 0.15) is 143 Å². The van der Waals surface area contributed by atoms with Gasteiger partial charge in [0.25, 0.3) is 11.8 Å². The first-order valence-electron chi connectivity index (χ1n) is 27.8. The summed E-state index contributed by atoms with van der Waals surface area (Å²) in [6, 6.07) is 20.0.